The van der Waals surface area contributed by atoms with Crippen LogP contribution in [0.25, 0.3) is 22.5 Å². The Balaban J connectivity index is 1.52. The van der Waals surface area contributed by atoms with Crippen molar-refractivity contribution in [2.75, 3.05) is 46.5 Å². The van der Waals surface area contributed by atoms with E-state index in [1.807, 2.05) is 36.4 Å². The van der Waals surface area contributed by atoms with E-state index < -0.39 is 41.5 Å². The number of fused-ring (bicyclic) bond motifs is 5. The standard InChI is InChI=1S/C51H64N8O8/c1-31-24-44(62)47(59(6)50(64)36(17-19-53)28-43(61)40-29-56-48(57-32(40)2)34-10-13-37(14-11-34)67-30-51(3,4)5)35-12-16-46(66-23-21-55)39(27-35)38-25-33(9-15-45(38)65-22-20-54)26-41(58-49(31)63)42(60)8-7-18-52/h9-16,25,27,29,31,36,41,47H,7-8,17,19-24,26,28,30,53-55H2,1-6H3,(H,58,63)/t31-,36-,41+,47+/m1/s1. The van der Waals surface area contributed by atoms with Gasteiger partial charge in [-0.3, -0.25) is 24.0 Å². The number of nitrogens with one attached hydrogen (secondary N) is 1. The van der Waals surface area contributed by atoms with Gasteiger partial charge in [0.1, 0.15) is 36.5 Å². The van der Waals surface area contributed by atoms with E-state index in [4.69, 9.17) is 31.4 Å². The van der Waals surface area contributed by atoms with Crippen molar-refractivity contribution in [3.05, 3.63) is 89.2 Å². The largest absolute Gasteiger partial charge is 0.493 e. The van der Waals surface area contributed by atoms with E-state index >= 15 is 0 Å². The molecule has 1 aliphatic heterocycles. The number of nitriles is 1. The fourth-order valence-electron chi connectivity index (χ4n) is 7.86. The van der Waals surface area contributed by atoms with E-state index in [0.717, 1.165) is 5.56 Å². The molecule has 1 aliphatic rings. The van der Waals surface area contributed by atoms with Crippen molar-refractivity contribution in [3.8, 4) is 45.8 Å². The lowest BCUT2D eigenvalue weighted by Crippen LogP contribution is -2.46. The molecule has 2 amide bonds. The number of aryl methyl sites for hydroxylation is 1. The molecular formula is C51H64N8O8. The highest BCUT2D eigenvalue weighted by atomic mass is 16.5. The predicted octanol–water partition coefficient (Wildman–Crippen LogP) is 5.47. The molecule has 356 valence electrons. The lowest BCUT2D eigenvalue weighted by atomic mass is 9.88. The number of hydrogen-bond acceptors (Lipinski definition) is 14. The second kappa shape index (κ2) is 23.8. The third-order valence-electron chi connectivity index (χ3n) is 11.4. The van der Waals surface area contributed by atoms with Crippen LogP contribution in [-0.4, -0.2) is 96.6 Å². The molecule has 0 spiro atoms. The van der Waals surface area contributed by atoms with E-state index in [-0.39, 0.29) is 93.9 Å². The van der Waals surface area contributed by atoms with Gasteiger partial charge in [-0.1, -0.05) is 39.8 Å². The summed E-state index contributed by atoms with van der Waals surface area (Å²) in [6.45, 7) is 10.9. The molecule has 16 nitrogen and oxygen atoms in total. The first-order valence-corrected chi connectivity index (χ1v) is 22.7. The molecule has 1 aromatic heterocycles. The van der Waals surface area contributed by atoms with Crippen molar-refractivity contribution < 1.29 is 38.2 Å². The second-order valence-electron chi connectivity index (χ2n) is 18.1. The summed E-state index contributed by atoms with van der Waals surface area (Å²) in [7, 11) is 1.49. The molecule has 3 aromatic carbocycles. The molecule has 16 heteroatoms. The molecule has 4 atom stereocenters. The number of likely N-dealkylation sites (N-methyl/N-ethyl adjacent to an activating group) is 1. The highest BCUT2D eigenvalue weighted by Crippen LogP contribution is 2.41. The number of carbonyl (C=O) groups is 5. The molecule has 2 heterocycles. The van der Waals surface area contributed by atoms with Gasteiger partial charge in [-0.25, -0.2) is 9.97 Å². The summed E-state index contributed by atoms with van der Waals surface area (Å²) in [5.41, 5.74) is 21.3. The maximum atomic E-state index is 14.8. The molecule has 4 aromatic rings. The van der Waals surface area contributed by atoms with E-state index in [0.29, 0.717) is 57.6 Å². The van der Waals surface area contributed by atoms with Crippen LogP contribution >= 0.6 is 0 Å². The molecule has 0 radical (unpaired) electrons. The van der Waals surface area contributed by atoms with Crippen LogP contribution < -0.4 is 36.7 Å². The number of amides is 2. The third kappa shape index (κ3) is 13.8. The smallest absolute Gasteiger partial charge is 0.226 e. The zero-order valence-corrected chi connectivity index (χ0v) is 39.4. The Hall–Kier alpha value is -6.54. The van der Waals surface area contributed by atoms with Crippen molar-refractivity contribution in [2.24, 2.45) is 34.5 Å². The summed E-state index contributed by atoms with van der Waals surface area (Å²) >= 11 is 0. The van der Waals surface area contributed by atoms with Gasteiger partial charge in [0.2, 0.25) is 11.8 Å². The van der Waals surface area contributed by atoms with Gasteiger partial charge in [0.25, 0.3) is 0 Å². The first-order chi connectivity index (χ1) is 32.0. The average Bonchev–Trinajstić information content (AvgIpc) is 3.30. The SMILES string of the molecule is Cc1nc(-c2ccc(OCC(C)(C)C)cc2)ncc1C(=O)C[C@@H](CCN)C(=O)N(C)[C@@H]1C(=O)C[C@@H](C)C(=O)N[C@H](C(=O)CCC#N)Cc2ccc(OCCN)c(c2)-c2cc1ccc2OCCN. The number of carbonyl (C=O) groups excluding carboxylic acids is 5. The van der Waals surface area contributed by atoms with Gasteiger partial charge >= 0.3 is 0 Å². The Labute approximate surface area is 392 Å². The minimum absolute atomic E-state index is 0.00235. The molecule has 7 N–H and O–H groups in total. The van der Waals surface area contributed by atoms with Crippen molar-refractivity contribution in [2.45, 2.75) is 85.2 Å². The number of aromatic nitrogens is 2. The van der Waals surface area contributed by atoms with Crippen molar-refractivity contribution in [1.82, 2.24) is 20.2 Å². The van der Waals surface area contributed by atoms with E-state index in [9.17, 15) is 29.2 Å². The maximum Gasteiger partial charge on any atom is 0.226 e. The minimum atomic E-state index is -1.25. The minimum Gasteiger partial charge on any atom is -0.493 e. The summed E-state index contributed by atoms with van der Waals surface area (Å²) < 4.78 is 18.1. The van der Waals surface area contributed by atoms with Crippen molar-refractivity contribution >= 4 is 29.2 Å². The number of hydrogen-bond donors (Lipinski definition) is 4. The maximum absolute atomic E-state index is 14.8. The Kier molecular flexibility index (Phi) is 18.3. The van der Waals surface area contributed by atoms with Crippen molar-refractivity contribution in [1.29, 1.82) is 5.26 Å². The van der Waals surface area contributed by atoms with Gasteiger partial charge in [-0.2, -0.15) is 5.26 Å². The molecule has 0 saturated heterocycles. The molecule has 0 saturated carbocycles. The average molecular weight is 917 g/mol. The fourth-order valence-corrected chi connectivity index (χ4v) is 7.86. The van der Waals surface area contributed by atoms with E-state index in [2.05, 4.69) is 36.1 Å². The van der Waals surface area contributed by atoms with Crippen LogP contribution in [0.1, 0.15) is 93.0 Å². The number of rotatable bonds is 19. The number of ether oxygens (including phenoxy) is 3. The Morgan fingerprint density at radius 1 is 0.910 bits per heavy atom. The monoisotopic (exact) mass is 916 g/mol. The zero-order valence-electron chi connectivity index (χ0n) is 39.4. The molecular weight excluding hydrogens is 853 g/mol. The van der Waals surface area contributed by atoms with Crippen molar-refractivity contribution in [3.63, 3.8) is 0 Å². The second-order valence-corrected chi connectivity index (χ2v) is 18.1. The van der Waals surface area contributed by atoms with Gasteiger partial charge in [0.05, 0.1) is 30.0 Å². The van der Waals surface area contributed by atoms with E-state index in [1.54, 1.807) is 44.2 Å². The molecule has 0 aliphatic carbocycles. The van der Waals surface area contributed by atoms with Crippen LogP contribution in [0.3, 0.4) is 0 Å². The molecule has 67 heavy (non-hydrogen) atoms. The molecule has 0 fully saturated rings. The summed E-state index contributed by atoms with van der Waals surface area (Å²) in [5, 5.41) is 12.1. The molecule has 0 unspecified atom stereocenters. The van der Waals surface area contributed by atoms with Gasteiger partial charge < -0.3 is 41.6 Å². The lowest BCUT2D eigenvalue weighted by molar-refractivity contribution is -0.142. The highest BCUT2D eigenvalue weighted by molar-refractivity contribution is 6.00. The quantitative estimate of drug-likeness (QED) is 0.0852. The number of nitrogens with zero attached hydrogens (tertiary/aromatic N) is 4. The number of ketones is 3. The van der Waals surface area contributed by atoms with Crippen LogP contribution in [0.5, 0.6) is 17.2 Å². The van der Waals surface area contributed by atoms with Gasteiger partial charge in [-0.15, -0.1) is 0 Å². The van der Waals surface area contributed by atoms with Crippen LogP contribution in [0.2, 0.25) is 0 Å². The predicted molar refractivity (Wildman–Crippen MR) is 254 cm³/mol. The topological polar surface area (TPSA) is 256 Å². The molecule has 4 bridgehead atoms. The Bertz CT molecular complexity index is 2440. The number of nitrogens with two attached hydrogens (primary N) is 3. The van der Waals surface area contributed by atoms with Crippen LogP contribution in [0.15, 0.2) is 66.9 Å². The lowest BCUT2D eigenvalue weighted by Gasteiger charge is -2.32. The van der Waals surface area contributed by atoms with Crippen LogP contribution in [0, 0.1) is 35.5 Å². The summed E-state index contributed by atoms with van der Waals surface area (Å²) in [4.78, 5) is 81.3. The van der Waals surface area contributed by atoms with Crippen LogP contribution in [-0.2, 0) is 25.6 Å². The van der Waals surface area contributed by atoms with Gasteiger partial charge in [-0.05, 0) is 91.4 Å². The summed E-state index contributed by atoms with van der Waals surface area (Å²) in [6, 6.07) is 17.6. The number of benzene rings is 3. The zero-order chi connectivity index (χ0) is 48.8. The first-order valence-electron chi connectivity index (χ1n) is 22.7. The van der Waals surface area contributed by atoms with Crippen LogP contribution in [0.4, 0.5) is 0 Å². The Morgan fingerprint density at radius 2 is 1.57 bits per heavy atom. The number of Topliss-reactive ketones (excluding diaryl/α,β-unsaturated/α-hetero) is 3. The third-order valence-corrected chi connectivity index (χ3v) is 11.4. The summed E-state index contributed by atoms with van der Waals surface area (Å²) in [5.74, 6) is -2.11. The summed E-state index contributed by atoms with van der Waals surface area (Å²) in [6.07, 6.45) is 1.02. The fraction of sp³-hybridized carbons (Fsp3) is 0.451. The normalized spacial score (nSPS) is 16.7. The van der Waals surface area contributed by atoms with Gasteiger partial charge in [0, 0.05) is 80.5 Å². The molecule has 5 rings (SSSR count). The Morgan fingerprint density at radius 3 is 2.18 bits per heavy atom. The van der Waals surface area contributed by atoms with E-state index in [1.165, 1.54) is 18.1 Å². The van der Waals surface area contributed by atoms with Gasteiger partial charge in [0.15, 0.2) is 23.2 Å². The highest BCUT2D eigenvalue weighted by Gasteiger charge is 2.36. The first kappa shape index (κ1) is 51.4.